The fourth-order valence-electron chi connectivity index (χ4n) is 3.60. The Balaban J connectivity index is 2.82. The maximum atomic E-state index is 2.75. The van der Waals surface area contributed by atoms with Crippen LogP contribution in [0.4, 0.5) is 0 Å². The Hall–Kier alpha value is 0.0748. The molecule has 0 N–H and O–H groups in total. The van der Waals surface area contributed by atoms with Crippen molar-refractivity contribution in [1.82, 2.24) is 14.2 Å². The quantitative estimate of drug-likeness (QED) is 0.573. The molecule has 1 fully saturated rings. The minimum Gasteiger partial charge on any atom is -0.363 e. The van der Waals surface area contributed by atoms with Crippen LogP contribution in [-0.2, 0) is 0 Å². The molecule has 1 aliphatic rings. The summed E-state index contributed by atoms with van der Waals surface area (Å²) in [5, 5.41) is 0. The van der Waals surface area contributed by atoms with Crippen LogP contribution in [0.3, 0.4) is 0 Å². The first-order valence-corrected chi connectivity index (χ1v) is 10.1. The summed E-state index contributed by atoms with van der Waals surface area (Å²) < 4.78 is 8.19. The largest absolute Gasteiger partial charge is 0.363 e. The minimum atomic E-state index is 0.631. The van der Waals surface area contributed by atoms with Crippen LogP contribution in [0.15, 0.2) is 0 Å². The van der Waals surface area contributed by atoms with Crippen molar-refractivity contribution in [2.45, 2.75) is 74.0 Å². The molecule has 1 aliphatic heterocycles. The minimum absolute atomic E-state index is 0.631. The Morgan fingerprint density at radius 1 is 0.696 bits per heavy atom. The van der Waals surface area contributed by atoms with Crippen molar-refractivity contribution in [2.75, 3.05) is 19.6 Å². The molecule has 0 spiro atoms. The summed E-state index contributed by atoms with van der Waals surface area (Å²) in [6.07, 6.45) is 5.09. The topological polar surface area (TPSA) is 9.72 Å². The summed E-state index contributed by atoms with van der Waals surface area (Å²) in [6.45, 7) is 20.9. The van der Waals surface area contributed by atoms with Crippen LogP contribution in [0.5, 0.6) is 0 Å². The first-order valence-electron chi connectivity index (χ1n) is 10.1. The van der Waals surface area contributed by atoms with E-state index in [0.29, 0.717) is 6.98 Å². The summed E-state index contributed by atoms with van der Waals surface area (Å²) in [4.78, 5) is 0. The average molecular weight is 319 g/mol. The van der Waals surface area contributed by atoms with E-state index in [1.807, 2.05) is 0 Å². The summed E-state index contributed by atoms with van der Waals surface area (Å²) >= 11 is 0. The Bertz CT molecular complexity index is 297. The van der Waals surface area contributed by atoms with E-state index in [-0.39, 0.29) is 0 Å². The van der Waals surface area contributed by atoms with Gasteiger partial charge >= 0.3 is 0 Å². The highest BCUT2D eigenvalue weighted by molar-refractivity contribution is 6.74. The molecule has 0 saturated carbocycles. The lowest BCUT2D eigenvalue weighted by atomic mass is 9.55. The monoisotopic (exact) mass is 319 g/mol. The predicted octanol–water partition coefficient (Wildman–Crippen LogP) is 3.09. The summed E-state index contributed by atoms with van der Waals surface area (Å²) in [7, 11) is 2.31. The molecule has 1 rings (SSSR count). The van der Waals surface area contributed by atoms with Gasteiger partial charge in [-0.15, -0.1) is 0 Å². The van der Waals surface area contributed by atoms with Gasteiger partial charge < -0.3 is 14.2 Å². The molecule has 3 atom stereocenters. The van der Waals surface area contributed by atoms with Gasteiger partial charge in [0.25, 0.3) is 22.1 Å². The van der Waals surface area contributed by atoms with E-state index < -0.39 is 0 Å². The normalized spacial score (nSPS) is 21.6. The van der Waals surface area contributed by atoms with Crippen molar-refractivity contribution in [2.24, 2.45) is 17.8 Å². The molecule has 6 heteroatoms. The van der Waals surface area contributed by atoms with Gasteiger partial charge in [-0.2, -0.15) is 0 Å². The van der Waals surface area contributed by atoms with Gasteiger partial charge in [-0.05, 0) is 43.7 Å². The molecule has 0 bridgehead atoms. The van der Waals surface area contributed by atoms with Crippen molar-refractivity contribution < 1.29 is 0 Å². The summed E-state index contributed by atoms with van der Waals surface area (Å²) in [5.41, 5.74) is 0. The van der Waals surface area contributed by atoms with E-state index in [1.165, 1.54) is 45.2 Å². The van der Waals surface area contributed by atoms with Crippen LogP contribution in [0, 0.1) is 17.8 Å². The van der Waals surface area contributed by atoms with Crippen molar-refractivity contribution in [3.63, 3.8) is 0 Å². The lowest BCUT2D eigenvalue weighted by molar-refractivity contribution is 0.360. The number of rotatable bonds is 10. The molecule has 0 amide bonds. The van der Waals surface area contributed by atoms with E-state index >= 15 is 0 Å². The van der Waals surface area contributed by atoms with Crippen LogP contribution in [0.25, 0.3) is 0 Å². The van der Waals surface area contributed by atoms with Crippen molar-refractivity contribution in [3.05, 3.63) is 0 Å². The molecule has 3 unspecified atom stereocenters. The number of nitrogens with zero attached hydrogens (tertiary/aromatic N) is 3. The van der Waals surface area contributed by atoms with Gasteiger partial charge in [0.2, 0.25) is 0 Å². The van der Waals surface area contributed by atoms with Gasteiger partial charge in [-0.1, -0.05) is 67.7 Å². The summed E-state index contributed by atoms with van der Waals surface area (Å²) in [6, 6.07) is 0. The SMILES string of the molecule is CCB1N(CC(C)CC)BN(CC(C)CC)BN1CC(C)CC. The van der Waals surface area contributed by atoms with Crippen LogP contribution in [-0.4, -0.2) is 55.9 Å². The fraction of sp³-hybridized carbons (Fsp3) is 1.00. The molecule has 23 heavy (non-hydrogen) atoms. The molecule has 1 saturated heterocycles. The van der Waals surface area contributed by atoms with Crippen molar-refractivity contribution in [3.8, 4) is 0 Å². The first-order chi connectivity index (χ1) is 10.9. The smallest absolute Gasteiger partial charge is 0.289 e. The number of hydrogen-bond acceptors (Lipinski definition) is 3. The van der Waals surface area contributed by atoms with E-state index in [2.05, 4.69) is 62.6 Å². The summed E-state index contributed by atoms with van der Waals surface area (Å²) in [5.74, 6) is 2.38. The second-order valence-corrected chi connectivity index (χ2v) is 8.11. The third kappa shape index (κ3) is 6.84. The van der Waals surface area contributed by atoms with E-state index in [1.54, 1.807) is 0 Å². The van der Waals surface area contributed by atoms with Crippen LogP contribution in [0.2, 0.25) is 6.32 Å². The van der Waals surface area contributed by atoms with Crippen molar-refractivity contribution in [1.29, 1.82) is 0 Å². The molecule has 132 valence electrons. The van der Waals surface area contributed by atoms with Gasteiger partial charge in [0.15, 0.2) is 0 Å². The van der Waals surface area contributed by atoms with Crippen LogP contribution < -0.4 is 0 Å². The Kier molecular flexibility index (Phi) is 9.95. The van der Waals surface area contributed by atoms with Crippen molar-refractivity contribution >= 4 is 22.1 Å². The lowest BCUT2D eigenvalue weighted by Gasteiger charge is -2.48. The zero-order chi connectivity index (χ0) is 17.4. The Morgan fingerprint density at radius 3 is 1.43 bits per heavy atom. The van der Waals surface area contributed by atoms with E-state index in [4.69, 9.17) is 0 Å². The van der Waals surface area contributed by atoms with Crippen LogP contribution >= 0.6 is 0 Å². The third-order valence-electron chi connectivity index (χ3n) is 5.72. The fourth-order valence-corrected chi connectivity index (χ4v) is 3.60. The second kappa shape index (κ2) is 10.8. The molecular weight excluding hydrogens is 279 g/mol. The zero-order valence-electron chi connectivity index (χ0n) is 17.0. The molecule has 0 aromatic heterocycles. The second-order valence-electron chi connectivity index (χ2n) is 8.11. The molecule has 0 aromatic carbocycles. The Morgan fingerprint density at radius 2 is 1.09 bits per heavy atom. The predicted molar refractivity (Wildman–Crippen MR) is 109 cm³/mol. The van der Waals surface area contributed by atoms with Gasteiger partial charge in [-0.25, -0.2) is 0 Å². The molecule has 0 aromatic rings. The number of hydrogen-bond donors (Lipinski definition) is 0. The highest BCUT2D eigenvalue weighted by Crippen LogP contribution is 2.19. The van der Waals surface area contributed by atoms with Gasteiger partial charge in [0.1, 0.15) is 0 Å². The Labute approximate surface area is 148 Å². The van der Waals surface area contributed by atoms with Crippen LogP contribution in [0.1, 0.15) is 67.7 Å². The average Bonchev–Trinajstić information content (AvgIpc) is 2.54. The highest BCUT2D eigenvalue weighted by atomic mass is 15.3. The molecule has 1 heterocycles. The standard InChI is InChI=1S/C17H40B3N3/c1-8-15(5)12-21-18-22(13-16(6)9-2)20(11-4)23(19-21)14-17(7)10-3/h15-19H,8-14H2,1-7H3. The first kappa shape index (κ1) is 21.1. The maximum absolute atomic E-state index is 2.75. The molecule has 0 radical (unpaired) electrons. The van der Waals surface area contributed by atoms with Gasteiger partial charge in [0.05, 0.1) is 0 Å². The van der Waals surface area contributed by atoms with Gasteiger partial charge in [-0.3, -0.25) is 0 Å². The van der Waals surface area contributed by atoms with E-state index in [0.717, 1.165) is 32.9 Å². The third-order valence-corrected chi connectivity index (χ3v) is 5.72. The zero-order valence-corrected chi connectivity index (χ0v) is 17.0. The highest BCUT2D eigenvalue weighted by Gasteiger charge is 2.37. The van der Waals surface area contributed by atoms with E-state index in [9.17, 15) is 0 Å². The molecular formula is C17H40B3N3. The molecule has 0 aliphatic carbocycles. The maximum Gasteiger partial charge on any atom is 0.289 e. The molecule has 3 nitrogen and oxygen atoms in total. The lowest BCUT2D eigenvalue weighted by Crippen LogP contribution is -2.68. The van der Waals surface area contributed by atoms with Gasteiger partial charge in [0, 0.05) is 0 Å².